The Morgan fingerprint density at radius 3 is 2.42 bits per heavy atom. The van der Waals surface area contributed by atoms with Crippen LogP contribution in [0.3, 0.4) is 0 Å². The first-order chi connectivity index (χ1) is 22.8. The standard InChI is InChI=1S/C35H50BF3N4O3.C2H6/c1-7-13-29(27-20-19-26(28(22-27)35(37,38)39)18-17-25-14-10-9-11-15-25)41-31(24(3)8-2)30-16-12-21-43(30)32(36-45-23-40)42-33(44)46-34(4,5)6;1-2/h13,19-20,22,24-25,30H,7-12,14-18,21H2,1-6H3,(H,42,44);1-2H3/b29-13-,41-31?;. The number of hydrogen-bond donors (Lipinski definition) is 1. The van der Waals surface area contributed by atoms with Gasteiger partial charge in [-0.25, -0.2) is 0 Å². The van der Waals surface area contributed by atoms with E-state index in [0.717, 1.165) is 50.7 Å². The van der Waals surface area contributed by atoms with Crippen LogP contribution < -0.4 is 5.32 Å². The first-order valence-corrected chi connectivity index (χ1v) is 17.8. The Kier molecular flexibility index (Phi) is 16.7. The van der Waals surface area contributed by atoms with Gasteiger partial charge in [-0.15, -0.1) is 0 Å². The zero-order valence-corrected chi connectivity index (χ0v) is 30.3. The summed E-state index contributed by atoms with van der Waals surface area (Å²) in [6, 6.07) is 4.39. The van der Waals surface area contributed by atoms with E-state index in [1.54, 1.807) is 39.2 Å². The van der Waals surface area contributed by atoms with Gasteiger partial charge in [-0.1, -0.05) is 46.0 Å². The fourth-order valence-corrected chi connectivity index (χ4v) is 6.36. The van der Waals surface area contributed by atoms with Gasteiger partial charge in [-0.2, -0.15) is 0 Å². The third kappa shape index (κ3) is 12.6. The van der Waals surface area contributed by atoms with Gasteiger partial charge >= 0.3 is 236 Å². The summed E-state index contributed by atoms with van der Waals surface area (Å²) >= 11 is 0. The molecule has 2 unspecified atom stereocenters. The molecule has 266 valence electrons. The number of likely N-dealkylation sites (tertiary alicyclic amines) is 1. The van der Waals surface area contributed by atoms with Crippen molar-refractivity contribution < 1.29 is 27.4 Å². The molecule has 1 saturated carbocycles. The van der Waals surface area contributed by atoms with E-state index in [9.17, 15) is 18.0 Å². The summed E-state index contributed by atoms with van der Waals surface area (Å²) in [4.78, 5) is 19.7. The molecule has 1 aliphatic heterocycles. The van der Waals surface area contributed by atoms with Gasteiger partial charge in [0, 0.05) is 0 Å². The molecule has 1 aliphatic carbocycles. The quantitative estimate of drug-likeness (QED) is 0.136. The van der Waals surface area contributed by atoms with Gasteiger partial charge in [0.25, 0.3) is 0 Å². The normalized spacial score (nSPS) is 18.7. The van der Waals surface area contributed by atoms with Gasteiger partial charge < -0.3 is 0 Å². The van der Waals surface area contributed by atoms with Gasteiger partial charge in [0.05, 0.1) is 0 Å². The summed E-state index contributed by atoms with van der Waals surface area (Å²) in [5.41, 5.74) is 0.988. The maximum absolute atomic E-state index is 14.4. The number of alkyl carbamates (subject to hydrolysis) is 1. The summed E-state index contributed by atoms with van der Waals surface area (Å²) in [6.45, 7) is 15.8. The van der Waals surface area contributed by atoms with E-state index in [1.165, 1.54) is 19.6 Å². The number of ether oxygens (including phenoxy) is 1. The Bertz CT molecular complexity index is 1310. The number of hydrogen-bond acceptors (Lipinski definition) is 6. The van der Waals surface area contributed by atoms with Crippen molar-refractivity contribution in [1.82, 2.24) is 10.2 Å². The fraction of sp³-hybridized carbons (Fsp3) is 0.676. The van der Waals surface area contributed by atoms with E-state index >= 15 is 0 Å². The molecule has 11 heteroatoms. The maximum atomic E-state index is 14.4. The SMILES string of the molecule is CC.CC/C=C(\N=C(C(C)CC)C1CCCN1C(=BOC#N)NC(=O)OC(C)(C)C)c1ccc(CCC2CCCCC2)c(C(F)(F)F)c1. The minimum atomic E-state index is -4.48. The van der Waals surface area contributed by atoms with Crippen molar-refractivity contribution in [2.45, 2.75) is 144 Å². The van der Waals surface area contributed by atoms with Crippen LogP contribution in [0.15, 0.2) is 29.3 Å². The average Bonchev–Trinajstić information content (AvgIpc) is 3.53. The molecule has 1 aromatic rings. The minimum absolute atomic E-state index is 0.0117. The van der Waals surface area contributed by atoms with Crippen LogP contribution >= 0.6 is 0 Å². The first kappa shape index (κ1) is 40.9. The van der Waals surface area contributed by atoms with Crippen molar-refractivity contribution in [3.8, 4) is 6.26 Å². The Labute approximate surface area is 287 Å². The fourth-order valence-electron chi connectivity index (χ4n) is 6.36. The molecule has 0 aromatic heterocycles. The molecular weight excluding hydrogens is 616 g/mol. The van der Waals surface area contributed by atoms with Crippen molar-refractivity contribution in [1.29, 1.82) is 5.26 Å². The Morgan fingerprint density at radius 2 is 1.83 bits per heavy atom. The molecule has 48 heavy (non-hydrogen) atoms. The van der Waals surface area contributed by atoms with Crippen LogP contribution in [0.4, 0.5) is 18.0 Å². The number of aliphatic imine (C=N–C) groups is 1. The number of alkyl halides is 3. The number of benzene rings is 1. The number of nitrogens with one attached hydrogen (secondary N) is 1. The summed E-state index contributed by atoms with van der Waals surface area (Å²) < 4.78 is 53.7. The molecule has 0 spiro atoms. The number of allylic oxidation sites excluding steroid dienone is 1. The molecule has 2 atom stereocenters. The van der Waals surface area contributed by atoms with Gasteiger partial charge in [-0.05, 0) is 5.92 Å². The van der Waals surface area contributed by atoms with Crippen LogP contribution in [-0.4, -0.2) is 47.7 Å². The van der Waals surface area contributed by atoms with E-state index in [4.69, 9.17) is 19.6 Å². The topological polar surface area (TPSA) is 87.0 Å². The van der Waals surface area contributed by atoms with Crippen LogP contribution in [0.5, 0.6) is 0 Å². The number of aryl methyl sites for hydroxylation is 1. The van der Waals surface area contributed by atoms with E-state index in [-0.39, 0.29) is 17.7 Å². The molecular formula is C37H56BF3N4O3. The Hall–Kier alpha value is -3.29. The Balaban J connectivity index is 0.00000392. The number of rotatable bonds is 12. The summed E-state index contributed by atoms with van der Waals surface area (Å²) in [7, 11) is 1.18. The molecule has 2 aliphatic rings. The second-order valence-corrected chi connectivity index (χ2v) is 13.4. The van der Waals surface area contributed by atoms with Gasteiger partial charge in [0.1, 0.15) is 0 Å². The molecule has 2 fully saturated rings. The van der Waals surface area contributed by atoms with E-state index in [2.05, 4.69) is 5.32 Å². The number of carbonyl (C=O) groups excluding carboxylic acids is 1. The summed E-state index contributed by atoms with van der Waals surface area (Å²) in [6.07, 6.45) is 8.07. The molecule has 3 rings (SSSR count). The zero-order valence-electron chi connectivity index (χ0n) is 30.3. The van der Waals surface area contributed by atoms with Crippen LogP contribution in [0, 0.1) is 23.4 Å². The summed E-state index contributed by atoms with van der Waals surface area (Å²) in [5.74, 6) is 0.479. The molecule has 1 N–H and O–H groups in total. The van der Waals surface area contributed by atoms with Crippen molar-refractivity contribution in [2.24, 2.45) is 16.8 Å². The molecule has 1 heterocycles. The van der Waals surface area contributed by atoms with Crippen LogP contribution in [0.2, 0.25) is 0 Å². The third-order valence-electron chi connectivity index (χ3n) is 8.78. The average molecular weight is 673 g/mol. The van der Waals surface area contributed by atoms with Gasteiger partial charge in [-0.3, -0.25) is 0 Å². The Morgan fingerprint density at radius 1 is 1.15 bits per heavy atom. The number of nitriles is 1. The van der Waals surface area contributed by atoms with Gasteiger partial charge in [0.2, 0.25) is 0 Å². The van der Waals surface area contributed by atoms with Gasteiger partial charge in [0.15, 0.2) is 0 Å². The van der Waals surface area contributed by atoms with Crippen molar-refractivity contribution >= 4 is 30.3 Å². The predicted molar refractivity (Wildman–Crippen MR) is 189 cm³/mol. The number of halogens is 3. The second kappa shape index (κ2) is 19.6. The molecule has 0 bridgehead atoms. The first-order valence-electron chi connectivity index (χ1n) is 17.8. The van der Waals surface area contributed by atoms with Crippen molar-refractivity contribution in [3.05, 3.63) is 41.0 Å². The molecule has 1 aromatic carbocycles. The van der Waals surface area contributed by atoms with Crippen LogP contribution in [0.1, 0.15) is 136 Å². The molecule has 0 radical (unpaired) electrons. The number of amides is 1. The zero-order chi connectivity index (χ0) is 35.9. The number of carbonyl (C=O) groups is 1. The number of nitrogens with zero attached hydrogens (tertiary/aromatic N) is 3. The molecule has 7 nitrogen and oxygen atoms in total. The third-order valence-corrected chi connectivity index (χ3v) is 8.78. The molecule has 1 saturated heterocycles. The predicted octanol–water partition coefficient (Wildman–Crippen LogP) is 9.68. The van der Waals surface area contributed by atoms with E-state index < -0.39 is 23.4 Å². The summed E-state index contributed by atoms with van der Waals surface area (Å²) in [5, 5.41) is 11.8. The monoisotopic (exact) mass is 672 g/mol. The van der Waals surface area contributed by atoms with E-state index in [0.29, 0.717) is 48.5 Å². The van der Waals surface area contributed by atoms with Crippen LogP contribution in [0.25, 0.3) is 5.70 Å². The van der Waals surface area contributed by atoms with Crippen LogP contribution in [-0.2, 0) is 22.0 Å². The van der Waals surface area contributed by atoms with Crippen molar-refractivity contribution in [2.75, 3.05) is 6.54 Å². The molecule has 1 amide bonds. The second-order valence-electron chi connectivity index (χ2n) is 13.4. The van der Waals surface area contributed by atoms with Crippen molar-refractivity contribution in [3.63, 3.8) is 0 Å². The van der Waals surface area contributed by atoms with E-state index in [1.807, 2.05) is 45.6 Å².